The molecule has 3 rings (SSSR count). The Balaban J connectivity index is 1.51. The second kappa shape index (κ2) is 7.95. The predicted molar refractivity (Wildman–Crippen MR) is 96.9 cm³/mol. The third-order valence-corrected chi connectivity index (χ3v) is 6.59. The van der Waals surface area contributed by atoms with E-state index in [0.29, 0.717) is 25.6 Å². The van der Waals surface area contributed by atoms with Crippen molar-refractivity contribution in [1.29, 1.82) is 0 Å². The molecular formula is C18H29N3O2S. The van der Waals surface area contributed by atoms with E-state index >= 15 is 0 Å². The monoisotopic (exact) mass is 351 g/mol. The summed E-state index contributed by atoms with van der Waals surface area (Å²) in [6, 6.07) is 8.11. The molecule has 2 aliphatic rings. The van der Waals surface area contributed by atoms with Crippen molar-refractivity contribution >= 4 is 10.2 Å². The van der Waals surface area contributed by atoms with E-state index in [1.54, 1.807) is 4.31 Å². The van der Waals surface area contributed by atoms with E-state index in [9.17, 15) is 8.42 Å². The van der Waals surface area contributed by atoms with Crippen molar-refractivity contribution in [2.75, 3.05) is 32.7 Å². The van der Waals surface area contributed by atoms with Gasteiger partial charge in [-0.1, -0.05) is 37.6 Å². The Bertz CT molecular complexity index is 641. The molecule has 1 unspecified atom stereocenters. The van der Waals surface area contributed by atoms with Crippen LogP contribution in [0.3, 0.4) is 0 Å². The van der Waals surface area contributed by atoms with Crippen LogP contribution in [0, 0.1) is 5.92 Å². The van der Waals surface area contributed by atoms with Crippen molar-refractivity contribution in [3.63, 3.8) is 0 Å². The maximum atomic E-state index is 12.6. The summed E-state index contributed by atoms with van der Waals surface area (Å²) in [6.07, 6.45) is 4.66. The van der Waals surface area contributed by atoms with Crippen LogP contribution in [-0.2, 0) is 23.2 Å². The molecular weight excluding hydrogens is 322 g/mol. The summed E-state index contributed by atoms with van der Waals surface area (Å²) in [6.45, 7) is 6.96. The second-order valence-corrected chi connectivity index (χ2v) is 8.93. The highest BCUT2D eigenvalue weighted by atomic mass is 32.2. The van der Waals surface area contributed by atoms with E-state index in [1.165, 1.54) is 24.8 Å². The van der Waals surface area contributed by atoms with Gasteiger partial charge in [0, 0.05) is 26.2 Å². The Labute approximate surface area is 146 Å². The Kier molecular flexibility index (Phi) is 5.92. The van der Waals surface area contributed by atoms with E-state index in [-0.39, 0.29) is 0 Å². The third kappa shape index (κ3) is 4.57. The van der Waals surface area contributed by atoms with Gasteiger partial charge in [0.05, 0.1) is 0 Å². The van der Waals surface area contributed by atoms with Crippen LogP contribution in [0.25, 0.3) is 0 Å². The summed E-state index contributed by atoms with van der Waals surface area (Å²) in [7, 11) is -3.40. The summed E-state index contributed by atoms with van der Waals surface area (Å²) in [5, 5.41) is 0. The van der Waals surface area contributed by atoms with Gasteiger partial charge in [0.25, 0.3) is 10.2 Å². The average molecular weight is 352 g/mol. The van der Waals surface area contributed by atoms with Crippen molar-refractivity contribution in [2.24, 2.45) is 5.92 Å². The molecule has 1 aromatic rings. The van der Waals surface area contributed by atoms with E-state index in [1.807, 2.05) is 18.2 Å². The zero-order valence-electron chi connectivity index (χ0n) is 14.6. The fraction of sp³-hybridized carbons (Fsp3) is 0.667. The molecule has 0 amide bonds. The molecule has 1 saturated heterocycles. The number of nitrogens with one attached hydrogen (secondary N) is 1. The minimum absolute atomic E-state index is 0.329. The topological polar surface area (TPSA) is 52.7 Å². The number of hydrogen-bond donors (Lipinski definition) is 1. The van der Waals surface area contributed by atoms with Crippen molar-refractivity contribution < 1.29 is 8.42 Å². The van der Waals surface area contributed by atoms with Crippen LogP contribution >= 0.6 is 0 Å². The molecule has 2 heterocycles. The van der Waals surface area contributed by atoms with Gasteiger partial charge >= 0.3 is 0 Å². The smallest absolute Gasteiger partial charge is 0.279 e. The summed E-state index contributed by atoms with van der Waals surface area (Å²) in [5.41, 5.74) is 2.39. The van der Waals surface area contributed by atoms with Crippen molar-refractivity contribution in [3.8, 4) is 0 Å². The third-order valence-electron chi connectivity index (χ3n) is 5.07. The molecule has 0 spiro atoms. The summed E-state index contributed by atoms with van der Waals surface area (Å²) in [5.74, 6) is 0.329. The van der Waals surface area contributed by atoms with E-state index in [4.69, 9.17) is 0 Å². The number of likely N-dealkylation sites (tertiary alicyclic amines) is 1. The zero-order valence-corrected chi connectivity index (χ0v) is 15.4. The zero-order chi connectivity index (χ0) is 17.0. The molecule has 2 aliphatic heterocycles. The molecule has 5 nitrogen and oxygen atoms in total. The maximum absolute atomic E-state index is 12.6. The van der Waals surface area contributed by atoms with Crippen molar-refractivity contribution in [1.82, 2.24) is 13.9 Å². The SMILES string of the molecule is CC(CNS(=O)(=O)N1CCc2ccccc2C1)CN1CCCCC1. The molecule has 0 aliphatic carbocycles. The first-order chi connectivity index (χ1) is 11.5. The highest BCUT2D eigenvalue weighted by Gasteiger charge is 2.26. The van der Waals surface area contributed by atoms with Crippen LogP contribution in [-0.4, -0.2) is 50.3 Å². The fourth-order valence-electron chi connectivity index (χ4n) is 3.66. The first-order valence-corrected chi connectivity index (χ1v) is 10.5. The first-order valence-electron chi connectivity index (χ1n) is 9.08. The number of fused-ring (bicyclic) bond motifs is 1. The second-order valence-electron chi connectivity index (χ2n) is 7.17. The van der Waals surface area contributed by atoms with Gasteiger partial charge in [-0.05, 0) is 49.4 Å². The number of benzene rings is 1. The Hall–Kier alpha value is -0.950. The van der Waals surface area contributed by atoms with Crippen LogP contribution < -0.4 is 4.72 Å². The van der Waals surface area contributed by atoms with Crippen molar-refractivity contribution in [2.45, 2.75) is 39.2 Å². The van der Waals surface area contributed by atoms with Crippen LogP contribution in [0.4, 0.5) is 0 Å². The molecule has 1 atom stereocenters. The Morgan fingerprint density at radius 1 is 1.08 bits per heavy atom. The van der Waals surface area contributed by atoms with E-state index in [2.05, 4.69) is 22.6 Å². The highest BCUT2D eigenvalue weighted by Crippen LogP contribution is 2.20. The molecule has 0 bridgehead atoms. The minimum atomic E-state index is -3.40. The van der Waals surface area contributed by atoms with Crippen LogP contribution in [0.5, 0.6) is 0 Å². The van der Waals surface area contributed by atoms with Crippen LogP contribution in [0.2, 0.25) is 0 Å². The molecule has 1 fully saturated rings. The normalized spacial score (nSPS) is 21.4. The summed E-state index contributed by atoms with van der Waals surface area (Å²) >= 11 is 0. The number of rotatable bonds is 6. The van der Waals surface area contributed by atoms with Gasteiger partial charge in [-0.15, -0.1) is 0 Å². The van der Waals surface area contributed by atoms with Gasteiger partial charge in [-0.3, -0.25) is 0 Å². The van der Waals surface area contributed by atoms with Gasteiger partial charge in [-0.25, -0.2) is 4.72 Å². The molecule has 1 N–H and O–H groups in total. The largest absolute Gasteiger partial charge is 0.303 e. The van der Waals surface area contributed by atoms with Crippen LogP contribution in [0.15, 0.2) is 24.3 Å². The lowest BCUT2D eigenvalue weighted by molar-refractivity contribution is 0.201. The number of nitrogens with zero attached hydrogens (tertiary/aromatic N) is 2. The van der Waals surface area contributed by atoms with Gasteiger partial charge in [-0.2, -0.15) is 12.7 Å². The summed E-state index contributed by atoms with van der Waals surface area (Å²) in [4.78, 5) is 2.46. The average Bonchev–Trinajstić information content (AvgIpc) is 2.60. The highest BCUT2D eigenvalue weighted by molar-refractivity contribution is 7.87. The molecule has 0 aromatic heterocycles. The van der Waals surface area contributed by atoms with E-state index < -0.39 is 10.2 Å². The molecule has 0 radical (unpaired) electrons. The van der Waals surface area contributed by atoms with Gasteiger partial charge in [0.1, 0.15) is 0 Å². The Morgan fingerprint density at radius 2 is 1.79 bits per heavy atom. The predicted octanol–water partition coefficient (Wildman–Crippen LogP) is 2.00. The molecule has 6 heteroatoms. The van der Waals surface area contributed by atoms with Gasteiger partial charge in [0.2, 0.25) is 0 Å². The first kappa shape index (κ1) is 17.9. The standard InChI is InChI=1S/C18H29N3O2S/c1-16(14-20-10-5-2-6-11-20)13-19-24(22,23)21-12-9-17-7-3-4-8-18(17)15-21/h3-4,7-8,16,19H,2,5-6,9-15H2,1H3. The fourth-order valence-corrected chi connectivity index (χ4v) is 4.98. The molecule has 1 aromatic carbocycles. The quantitative estimate of drug-likeness (QED) is 0.853. The number of piperidine rings is 1. The van der Waals surface area contributed by atoms with Gasteiger partial charge < -0.3 is 4.90 Å². The lowest BCUT2D eigenvalue weighted by Crippen LogP contribution is -2.45. The minimum Gasteiger partial charge on any atom is -0.303 e. The summed E-state index contributed by atoms with van der Waals surface area (Å²) < 4.78 is 29.6. The Morgan fingerprint density at radius 3 is 2.54 bits per heavy atom. The van der Waals surface area contributed by atoms with E-state index in [0.717, 1.165) is 31.6 Å². The van der Waals surface area contributed by atoms with Crippen LogP contribution in [0.1, 0.15) is 37.3 Å². The van der Waals surface area contributed by atoms with Crippen molar-refractivity contribution in [3.05, 3.63) is 35.4 Å². The molecule has 0 saturated carbocycles. The lowest BCUT2D eigenvalue weighted by Gasteiger charge is -2.30. The van der Waals surface area contributed by atoms with Gasteiger partial charge in [0.15, 0.2) is 0 Å². The molecule has 24 heavy (non-hydrogen) atoms. The maximum Gasteiger partial charge on any atom is 0.279 e. The number of hydrogen-bond acceptors (Lipinski definition) is 3. The molecule has 134 valence electrons. The lowest BCUT2D eigenvalue weighted by atomic mass is 10.0.